The van der Waals surface area contributed by atoms with Crippen molar-refractivity contribution in [2.75, 3.05) is 0 Å². The Morgan fingerprint density at radius 2 is 1.11 bits per heavy atom. The molecule has 0 radical (unpaired) electrons. The van der Waals surface area contributed by atoms with Gasteiger partial charge in [-0.2, -0.15) is 0 Å². The second kappa shape index (κ2) is 8.99. The van der Waals surface area contributed by atoms with Crippen LogP contribution in [0.4, 0.5) is 0 Å². The van der Waals surface area contributed by atoms with E-state index in [0.29, 0.717) is 22.6 Å². The molecule has 2 aromatic rings. The molecule has 0 aliphatic heterocycles. The van der Waals surface area contributed by atoms with Crippen LogP contribution in [0.25, 0.3) is 0 Å². The molecular weight excluding hydrogens is 340 g/mol. The largest absolute Gasteiger partial charge is 0.423 e. The van der Waals surface area contributed by atoms with E-state index in [9.17, 15) is 9.59 Å². The van der Waals surface area contributed by atoms with Crippen molar-refractivity contribution in [1.82, 2.24) is 0 Å². The topological polar surface area (TPSA) is 52.6 Å². The van der Waals surface area contributed by atoms with Gasteiger partial charge in [-0.1, -0.05) is 44.3 Å². The lowest BCUT2D eigenvalue weighted by Crippen LogP contribution is -2.09. The molecule has 0 unspecified atom stereocenters. The molecule has 4 nitrogen and oxygen atoms in total. The highest BCUT2D eigenvalue weighted by Gasteiger charge is 2.14. The molecule has 0 aliphatic rings. The summed E-state index contributed by atoms with van der Waals surface area (Å²) in [6, 6.07) is 14.9. The van der Waals surface area contributed by atoms with Gasteiger partial charge in [0, 0.05) is 17.1 Å². The predicted molar refractivity (Wildman–Crippen MR) is 106 cm³/mol. The Labute approximate surface area is 160 Å². The van der Waals surface area contributed by atoms with Crippen LogP contribution in [0.1, 0.15) is 44.2 Å². The van der Waals surface area contributed by atoms with Gasteiger partial charge in [0.2, 0.25) is 0 Å². The highest BCUT2D eigenvalue weighted by molar-refractivity contribution is 5.89. The normalized spacial score (nSPS) is 10.4. The third kappa shape index (κ3) is 5.42. The maximum atomic E-state index is 11.6. The Morgan fingerprint density at radius 1 is 0.778 bits per heavy atom. The number of rotatable bonds is 7. The van der Waals surface area contributed by atoms with Crippen LogP contribution in [0.3, 0.4) is 0 Å². The summed E-state index contributed by atoms with van der Waals surface area (Å²) in [5, 5.41) is 0. The molecule has 0 saturated heterocycles. The minimum Gasteiger partial charge on any atom is -0.423 e. The molecule has 0 atom stereocenters. The molecule has 4 heteroatoms. The van der Waals surface area contributed by atoms with Crippen molar-refractivity contribution >= 4 is 11.9 Å². The molecule has 0 N–H and O–H groups in total. The van der Waals surface area contributed by atoms with Gasteiger partial charge in [-0.05, 0) is 55.7 Å². The van der Waals surface area contributed by atoms with E-state index >= 15 is 0 Å². The third-order valence-corrected chi connectivity index (χ3v) is 4.09. The van der Waals surface area contributed by atoms with Crippen molar-refractivity contribution in [2.24, 2.45) is 0 Å². The summed E-state index contributed by atoms with van der Waals surface area (Å²) >= 11 is 0. The molecule has 2 aromatic carbocycles. The molecule has 0 amide bonds. The van der Waals surface area contributed by atoms with Crippen LogP contribution in [0.5, 0.6) is 11.5 Å². The van der Waals surface area contributed by atoms with Crippen molar-refractivity contribution in [1.29, 1.82) is 0 Å². The van der Waals surface area contributed by atoms with Crippen LogP contribution in [-0.2, 0) is 9.59 Å². The molecular formula is C23H24O4. The first-order valence-electron chi connectivity index (χ1n) is 8.77. The van der Waals surface area contributed by atoms with E-state index in [-0.39, 0.29) is 5.92 Å². The van der Waals surface area contributed by atoms with Crippen LogP contribution in [0.2, 0.25) is 0 Å². The summed E-state index contributed by atoms with van der Waals surface area (Å²) in [6.45, 7) is 12.5. The molecule has 2 rings (SSSR count). The zero-order valence-corrected chi connectivity index (χ0v) is 16.0. The van der Waals surface area contributed by atoms with E-state index in [1.54, 1.807) is 38.1 Å². The molecule has 140 valence electrons. The van der Waals surface area contributed by atoms with E-state index < -0.39 is 11.9 Å². The molecule has 0 heterocycles. The maximum Gasteiger partial charge on any atom is 0.338 e. The molecule has 27 heavy (non-hydrogen) atoms. The van der Waals surface area contributed by atoms with Crippen molar-refractivity contribution in [3.63, 3.8) is 0 Å². The van der Waals surface area contributed by atoms with Gasteiger partial charge in [0.1, 0.15) is 11.5 Å². The van der Waals surface area contributed by atoms with Crippen LogP contribution in [-0.4, -0.2) is 11.9 Å². The lowest BCUT2D eigenvalue weighted by atomic mass is 9.89. The Bertz CT molecular complexity index is 773. The first kappa shape index (κ1) is 20.2. The second-order valence-corrected chi connectivity index (χ2v) is 6.44. The molecule has 0 bridgehead atoms. The average Bonchev–Trinajstić information content (AvgIpc) is 2.64. The van der Waals surface area contributed by atoms with Crippen LogP contribution in [0, 0.1) is 0 Å². The molecule has 0 spiro atoms. The summed E-state index contributed by atoms with van der Waals surface area (Å²) < 4.78 is 10.5. The lowest BCUT2D eigenvalue weighted by Gasteiger charge is -2.17. The Balaban J connectivity index is 2.14. The van der Waals surface area contributed by atoms with Crippen molar-refractivity contribution in [3.05, 3.63) is 84.0 Å². The van der Waals surface area contributed by atoms with Gasteiger partial charge < -0.3 is 9.47 Å². The van der Waals surface area contributed by atoms with E-state index in [1.807, 2.05) is 24.3 Å². The molecule has 0 aliphatic carbocycles. The van der Waals surface area contributed by atoms with E-state index in [2.05, 4.69) is 20.1 Å². The zero-order valence-electron chi connectivity index (χ0n) is 16.0. The van der Waals surface area contributed by atoms with Gasteiger partial charge in [0.25, 0.3) is 0 Å². The number of esters is 2. The quantitative estimate of drug-likeness (QED) is 0.385. The fourth-order valence-corrected chi connectivity index (χ4v) is 2.59. The van der Waals surface area contributed by atoms with E-state index in [1.165, 1.54) is 0 Å². The van der Waals surface area contributed by atoms with Crippen LogP contribution >= 0.6 is 0 Å². The van der Waals surface area contributed by atoms with Gasteiger partial charge in [-0.15, -0.1) is 0 Å². The van der Waals surface area contributed by atoms with Gasteiger partial charge in [-0.3, -0.25) is 0 Å². The average molecular weight is 364 g/mol. The summed E-state index contributed by atoms with van der Waals surface area (Å²) in [7, 11) is 0. The number of carbonyl (C=O) groups excluding carboxylic acids is 2. The van der Waals surface area contributed by atoms with Gasteiger partial charge in [0.15, 0.2) is 0 Å². The number of benzene rings is 2. The maximum absolute atomic E-state index is 11.6. The summed E-state index contributed by atoms with van der Waals surface area (Å²) in [4.78, 5) is 23.2. The Kier molecular flexibility index (Phi) is 6.72. The van der Waals surface area contributed by atoms with Crippen LogP contribution in [0.15, 0.2) is 72.8 Å². The fourth-order valence-electron chi connectivity index (χ4n) is 2.59. The minimum atomic E-state index is -0.435. The molecule has 0 fully saturated rings. The first-order chi connectivity index (χ1) is 12.8. The Hall–Kier alpha value is -3.14. The zero-order chi connectivity index (χ0) is 20.0. The summed E-state index contributed by atoms with van der Waals surface area (Å²) in [6.07, 6.45) is 0.899. The highest BCUT2D eigenvalue weighted by atomic mass is 16.5. The van der Waals surface area contributed by atoms with Crippen molar-refractivity contribution in [3.8, 4) is 11.5 Å². The van der Waals surface area contributed by atoms with Crippen molar-refractivity contribution < 1.29 is 19.1 Å². The standard InChI is InChI=1S/C23H24O4/c1-6-21(17-7-11-19(12-8-17)26-22(24)15(2)3)18-9-13-20(14-10-18)27-23(25)16(4)5/h7-14,21H,2,4,6H2,1,3,5H3. The minimum absolute atomic E-state index is 0.182. The van der Waals surface area contributed by atoms with Crippen LogP contribution < -0.4 is 9.47 Å². The van der Waals surface area contributed by atoms with E-state index in [0.717, 1.165) is 17.5 Å². The summed E-state index contributed by atoms with van der Waals surface area (Å²) in [5.74, 6) is 0.290. The fraction of sp³-hybridized carbons (Fsp3) is 0.217. The van der Waals surface area contributed by atoms with Gasteiger partial charge in [0.05, 0.1) is 0 Å². The number of ether oxygens (including phenoxy) is 2. The SMILES string of the molecule is C=C(C)C(=O)Oc1ccc(C(CC)c2ccc(OC(=O)C(=C)C)cc2)cc1. The monoisotopic (exact) mass is 364 g/mol. The number of hydrogen-bond donors (Lipinski definition) is 0. The second-order valence-electron chi connectivity index (χ2n) is 6.44. The first-order valence-corrected chi connectivity index (χ1v) is 8.77. The van der Waals surface area contributed by atoms with Crippen molar-refractivity contribution in [2.45, 2.75) is 33.1 Å². The lowest BCUT2D eigenvalue weighted by molar-refractivity contribution is -0.130. The number of hydrogen-bond acceptors (Lipinski definition) is 4. The summed E-state index contributed by atoms with van der Waals surface area (Å²) in [5.41, 5.74) is 2.94. The highest BCUT2D eigenvalue weighted by Crippen LogP contribution is 2.30. The van der Waals surface area contributed by atoms with Gasteiger partial charge in [-0.25, -0.2) is 9.59 Å². The van der Waals surface area contributed by atoms with E-state index in [4.69, 9.17) is 9.47 Å². The third-order valence-electron chi connectivity index (χ3n) is 4.09. The molecule has 0 saturated carbocycles. The Morgan fingerprint density at radius 3 is 1.37 bits per heavy atom. The molecule has 0 aromatic heterocycles. The number of carbonyl (C=O) groups is 2. The smallest absolute Gasteiger partial charge is 0.338 e. The van der Waals surface area contributed by atoms with Gasteiger partial charge >= 0.3 is 11.9 Å². The predicted octanol–water partition coefficient (Wildman–Crippen LogP) is 5.19.